The lowest BCUT2D eigenvalue weighted by Crippen LogP contribution is -2.23. The predicted octanol–water partition coefficient (Wildman–Crippen LogP) is 4.93. The molecule has 0 saturated carbocycles. The minimum absolute atomic E-state index is 0.0120. The Labute approximate surface area is 159 Å². The molecule has 0 aliphatic carbocycles. The minimum atomic E-state index is -1.23. The highest BCUT2D eigenvalue weighted by Crippen LogP contribution is 2.47. The smallest absolute Gasteiger partial charge is 0.352 e. The van der Waals surface area contributed by atoms with E-state index in [0.717, 1.165) is 11.3 Å². The Bertz CT molecular complexity index is 854. The third-order valence-corrected chi connectivity index (χ3v) is 4.83. The molecular formula is C18H18ClFO5S. The zero-order valence-electron chi connectivity index (χ0n) is 14.7. The molecule has 0 unspecified atom stereocenters. The maximum atomic E-state index is 14.5. The molecule has 1 aromatic heterocycles. The highest BCUT2D eigenvalue weighted by atomic mass is 35.5. The van der Waals surface area contributed by atoms with Gasteiger partial charge in [-0.25, -0.2) is 14.0 Å². The van der Waals surface area contributed by atoms with Gasteiger partial charge in [0, 0.05) is 5.56 Å². The van der Waals surface area contributed by atoms with Crippen molar-refractivity contribution >= 4 is 34.9 Å². The van der Waals surface area contributed by atoms with Crippen LogP contribution in [0.4, 0.5) is 4.39 Å². The first kappa shape index (κ1) is 20.2. The Morgan fingerprint density at radius 3 is 2.54 bits per heavy atom. The van der Waals surface area contributed by atoms with Gasteiger partial charge >= 0.3 is 11.9 Å². The number of hydrogen-bond acceptors (Lipinski definition) is 5. The molecule has 0 fully saturated rings. The van der Waals surface area contributed by atoms with Gasteiger partial charge in [-0.2, -0.15) is 0 Å². The lowest BCUT2D eigenvalue weighted by atomic mass is 10.1. The number of rotatable bonds is 5. The zero-order valence-corrected chi connectivity index (χ0v) is 16.3. The van der Waals surface area contributed by atoms with Gasteiger partial charge in [0.1, 0.15) is 16.4 Å². The van der Waals surface area contributed by atoms with Crippen LogP contribution < -0.4 is 4.74 Å². The predicted molar refractivity (Wildman–Crippen MR) is 97.8 cm³/mol. The largest absolute Gasteiger partial charge is 0.479 e. The topological polar surface area (TPSA) is 72.8 Å². The van der Waals surface area contributed by atoms with Crippen molar-refractivity contribution in [1.29, 1.82) is 0 Å². The van der Waals surface area contributed by atoms with E-state index in [2.05, 4.69) is 0 Å². The van der Waals surface area contributed by atoms with Crippen LogP contribution in [0.15, 0.2) is 18.2 Å². The van der Waals surface area contributed by atoms with Gasteiger partial charge in [-0.1, -0.05) is 29.8 Å². The first-order valence-electron chi connectivity index (χ1n) is 7.67. The minimum Gasteiger partial charge on any atom is -0.479 e. The summed E-state index contributed by atoms with van der Waals surface area (Å²) in [7, 11) is 0. The van der Waals surface area contributed by atoms with Gasteiger partial charge in [0.25, 0.3) is 0 Å². The fourth-order valence-corrected chi connectivity index (χ4v) is 3.57. The number of carbonyl (C=O) groups excluding carboxylic acids is 1. The van der Waals surface area contributed by atoms with Crippen LogP contribution in [-0.2, 0) is 9.53 Å². The van der Waals surface area contributed by atoms with E-state index in [1.54, 1.807) is 39.8 Å². The molecule has 140 valence electrons. The Morgan fingerprint density at radius 2 is 1.96 bits per heavy atom. The molecular weight excluding hydrogens is 383 g/mol. The van der Waals surface area contributed by atoms with E-state index >= 15 is 0 Å². The van der Waals surface area contributed by atoms with Crippen molar-refractivity contribution in [3.63, 3.8) is 0 Å². The first-order chi connectivity index (χ1) is 12.0. The third-order valence-electron chi connectivity index (χ3n) is 3.17. The highest BCUT2D eigenvalue weighted by molar-refractivity contribution is 7.18. The molecule has 0 atom stereocenters. The van der Waals surface area contributed by atoms with Gasteiger partial charge < -0.3 is 14.6 Å². The monoisotopic (exact) mass is 400 g/mol. The van der Waals surface area contributed by atoms with E-state index in [4.69, 9.17) is 26.2 Å². The van der Waals surface area contributed by atoms with E-state index in [9.17, 15) is 14.0 Å². The molecule has 26 heavy (non-hydrogen) atoms. The van der Waals surface area contributed by atoms with Crippen molar-refractivity contribution in [1.82, 2.24) is 0 Å². The molecule has 2 rings (SSSR count). The summed E-state index contributed by atoms with van der Waals surface area (Å²) in [6.45, 7) is 6.00. The number of aryl methyl sites for hydroxylation is 1. The van der Waals surface area contributed by atoms with Gasteiger partial charge in [-0.3, -0.25) is 0 Å². The lowest BCUT2D eigenvalue weighted by molar-refractivity contribution is -0.139. The molecule has 1 aromatic carbocycles. The van der Waals surface area contributed by atoms with Crippen molar-refractivity contribution in [2.75, 3.05) is 6.61 Å². The maximum Gasteiger partial charge on any atom is 0.352 e. The second-order valence-electron chi connectivity index (χ2n) is 6.52. The summed E-state index contributed by atoms with van der Waals surface area (Å²) >= 11 is 7.20. The quantitative estimate of drug-likeness (QED) is 0.720. The number of aliphatic carboxylic acids is 1. The van der Waals surface area contributed by atoms with Crippen molar-refractivity contribution in [2.45, 2.75) is 33.3 Å². The average Bonchev–Trinajstić information content (AvgIpc) is 2.83. The molecule has 0 amide bonds. The average molecular weight is 401 g/mol. The number of hydrogen-bond donors (Lipinski definition) is 1. The Kier molecular flexibility index (Phi) is 5.93. The lowest BCUT2D eigenvalue weighted by Gasteiger charge is -2.19. The molecule has 0 radical (unpaired) electrons. The number of thiophene rings is 1. The van der Waals surface area contributed by atoms with Crippen LogP contribution in [0.3, 0.4) is 0 Å². The highest BCUT2D eigenvalue weighted by Gasteiger charge is 2.29. The molecule has 0 saturated heterocycles. The molecule has 1 heterocycles. The summed E-state index contributed by atoms with van der Waals surface area (Å²) in [4.78, 5) is 23.6. The fraction of sp³-hybridized carbons (Fsp3) is 0.333. The van der Waals surface area contributed by atoms with Crippen LogP contribution in [0.2, 0.25) is 5.02 Å². The van der Waals surface area contributed by atoms with Crippen LogP contribution in [0.1, 0.15) is 36.0 Å². The summed E-state index contributed by atoms with van der Waals surface area (Å²) in [5, 5.41) is 8.82. The first-order valence-corrected chi connectivity index (χ1v) is 8.86. The molecule has 8 heteroatoms. The van der Waals surface area contributed by atoms with Gasteiger partial charge in [0.2, 0.25) is 0 Å². The zero-order chi connectivity index (χ0) is 19.6. The molecule has 0 aliphatic heterocycles. The number of halogens is 2. The fourth-order valence-electron chi connectivity index (χ4n) is 2.11. The number of esters is 1. The van der Waals surface area contributed by atoms with Crippen LogP contribution >= 0.6 is 22.9 Å². The molecule has 0 spiro atoms. The summed E-state index contributed by atoms with van der Waals surface area (Å²) < 4.78 is 25.0. The second kappa shape index (κ2) is 7.63. The molecule has 0 bridgehead atoms. The molecule has 5 nitrogen and oxygen atoms in total. The van der Waals surface area contributed by atoms with E-state index in [1.807, 2.05) is 0 Å². The van der Waals surface area contributed by atoms with Crippen LogP contribution in [0.5, 0.6) is 5.75 Å². The molecule has 1 N–H and O–H groups in total. The standard InChI is InChI=1S/C18H18ClFO5S/c1-9-6-5-7-10(13(9)20)15-12(19)14(24-8-11(21)22)16(26-15)17(23)25-18(2,3)4/h5-7H,8H2,1-4H3,(H,21,22). The van der Waals surface area contributed by atoms with Crippen molar-refractivity contribution in [3.05, 3.63) is 39.5 Å². The SMILES string of the molecule is Cc1cccc(-c2sc(C(=O)OC(C)(C)C)c(OCC(=O)O)c2Cl)c1F. The normalized spacial score (nSPS) is 11.3. The van der Waals surface area contributed by atoms with Crippen LogP contribution in [-0.4, -0.2) is 29.3 Å². The van der Waals surface area contributed by atoms with Gasteiger partial charge in [-0.15, -0.1) is 11.3 Å². The number of benzene rings is 1. The third kappa shape index (κ3) is 4.53. The summed E-state index contributed by atoms with van der Waals surface area (Å²) in [6.07, 6.45) is 0. The van der Waals surface area contributed by atoms with Crippen molar-refractivity contribution < 1.29 is 28.6 Å². The van der Waals surface area contributed by atoms with Crippen LogP contribution in [0.25, 0.3) is 10.4 Å². The number of ether oxygens (including phenoxy) is 2. The second-order valence-corrected chi connectivity index (χ2v) is 7.92. The van der Waals surface area contributed by atoms with E-state index < -0.39 is 30.0 Å². The molecule has 2 aromatic rings. The van der Waals surface area contributed by atoms with E-state index in [-0.39, 0.29) is 26.1 Å². The van der Waals surface area contributed by atoms with E-state index in [0.29, 0.717) is 5.56 Å². The number of carboxylic acids is 1. The van der Waals surface area contributed by atoms with Gasteiger partial charge in [0.15, 0.2) is 17.2 Å². The van der Waals surface area contributed by atoms with Gasteiger partial charge in [0.05, 0.1) is 4.88 Å². The summed E-state index contributed by atoms with van der Waals surface area (Å²) in [5.74, 6) is -2.55. The van der Waals surface area contributed by atoms with Gasteiger partial charge in [-0.05, 0) is 33.3 Å². The Morgan fingerprint density at radius 1 is 1.31 bits per heavy atom. The summed E-state index contributed by atoms with van der Waals surface area (Å²) in [6, 6.07) is 4.80. The van der Waals surface area contributed by atoms with Crippen molar-refractivity contribution in [3.8, 4) is 16.2 Å². The van der Waals surface area contributed by atoms with Crippen LogP contribution in [0, 0.1) is 12.7 Å². The van der Waals surface area contributed by atoms with Crippen molar-refractivity contribution in [2.24, 2.45) is 0 Å². The number of carboxylic acid groups (broad SMARTS) is 1. The Hall–Kier alpha value is -2.12. The summed E-state index contributed by atoms with van der Waals surface area (Å²) in [5.41, 5.74) is -0.152. The maximum absolute atomic E-state index is 14.5. The molecule has 0 aliphatic rings. The Balaban J connectivity index is 2.57. The number of carbonyl (C=O) groups is 2. The van der Waals surface area contributed by atoms with E-state index in [1.165, 1.54) is 6.07 Å².